The number of fused-ring (bicyclic) bond motifs is 2. The predicted octanol–water partition coefficient (Wildman–Crippen LogP) is 0.119. The number of nitrogens with zero attached hydrogens (tertiary/aromatic N) is 2. The summed E-state index contributed by atoms with van der Waals surface area (Å²) >= 11 is 0. The van der Waals surface area contributed by atoms with E-state index in [0.717, 1.165) is 0 Å². The molecule has 2 heterocycles. The van der Waals surface area contributed by atoms with Crippen molar-refractivity contribution in [2.45, 2.75) is 24.9 Å². The number of carbonyl (C=O) groups is 3. The van der Waals surface area contributed by atoms with Crippen LogP contribution in [-0.4, -0.2) is 59.5 Å². The molecule has 2 saturated heterocycles. The van der Waals surface area contributed by atoms with E-state index in [1.165, 1.54) is 11.0 Å². The van der Waals surface area contributed by atoms with Gasteiger partial charge in [0.25, 0.3) is 0 Å². The standard InChI is InChI=1S/C14H17N5O7S/c15-13(21)17-9-3-1-2-8(6-9)16-12(20)11-5-4-10-7-18(11)14(22)19(10)26-27(23,24)25/h1-3,6,10-11H,4-5,7H2,(H,16,20)(H3,15,17,21)(H,23,24,25)/t10-,11+/m0/s1. The minimum atomic E-state index is -4.85. The van der Waals surface area contributed by atoms with Crippen LogP contribution in [0.2, 0.25) is 0 Å². The molecule has 5 amide bonds. The summed E-state index contributed by atoms with van der Waals surface area (Å²) in [4.78, 5) is 37.0. The van der Waals surface area contributed by atoms with Gasteiger partial charge >= 0.3 is 22.5 Å². The van der Waals surface area contributed by atoms with Gasteiger partial charge in [0.15, 0.2) is 0 Å². The molecule has 0 radical (unpaired) electrons. The zero-order chi connectivity index (χ0) is 19.8. The van der Waals surface area contributed by atoms with Gasteiger partial charge in [0.2, 0.25) is 5.91 Å². The van der Waals surface area contributed by atoms with E-state index in [1.54, 1.807) is 18.2 Å². The van der Waals surface area contributed by atoms with Crippen LogP contribution < -0.4 is 16.4 Å². The van der Waals surface area contributed by atoms with Gasteiger partial charge in [-0.05, 0) is 31.0 Å². The second-order valence-electron chi connectivity index (χ2n) is 6.07. The molecule has 2 atom stereocenters. The Balaban J connectivity index is 1.70. The van der Waals surface area contributed by atoms with Crippen molar-refractivity contribution < 1.29 is 31.6 Å². The molecule has 2 fully saturated rings. The summed E-state index contributed by atoms with van der Waals surface area (Å²) in [7, 11) is -4.85. The van der Waals surface area contributed by atoms with Crippen LogP contribution >= 0.6 is 0 Å². The van der Waals surface area contributed by atoms with E-state index in [1.807, 2.05) is 0 Å². The van der Waals surface area contributed by atoms with Crippen molar-refractivity contribution in [3.05, 3.63) is 24.3 Å². The van der Waals surface area contributed by atoms with Crippen molar-refractivity contribution in [3.63, 3.8) is 0 Å². The summed E-state index contributed by atoms with van der Waals surface area (Å²) < 4.78 is 34.9. The van der Waals surface area contributed by atoms with Crippen molar-refractivity contribution in [1.29, 1.82) is 0 Å². The molecule has 1 aromatic rings. The van der Waals surface area contributed by atoms with Crippen molar-refractivity contribution in [3.8, 4) is 0 Å². The van der Waals surface area contributed by atoms with Gasteiger partial charge in [0.05, 0.1) is 6.04 Å². The van der Waals surface area contributed by atoms with Crippen LogP contribution in [-0.2, 0) is 19.5 Å². The molecule has 0 aromatic heterocycles. The van der Waals surface area contributed by atoms with E-state index in [2.05, 4.69) is 14.9 Å². The van der Waals surface area contributed by atoms with Crippen LogP contribution in [0.5, 0.6) is 0 Å². The number of rotatable bonds is 5. The minimum Gasteiger partial charge on any atom is -0.351 e. The van der Waals surface area contributed by atoms with Gasteiger partial charge in [-0.2, -0.15) is 13.5 Å². The normalized spacial score (nSPS) is 21.9. The van der Waals surface area contributed by atoms with Gasteiger partial charge in [-0.15, -0.1) is 4.28 Å². The zero-order valence-corrected chi connectivity index (χ0v) is 14.7. The third-order valence-electron chi connectivity index (χ3n) is 4.20. The Kier molecular flexibility index (Phi) is 4.91. The molecule has 1 aromatic carbocycles. The van der Waals surface area contributed by atoms with Gasteiger partial charge in [-0.1, -0.05) is 6.07 Å². The number of primary amides is 1. The molecule has 2 aliphatic heterocycles. The average molecular weight is 399 g/mol. The highest BCUT2D eigenvalue weighted by Gasteiger charge is 2.49. The fraction of sp³-hybridized carbons (Fsp3) is 0.357. The van der Waals surface area contributed by atoms with Gasteiger partial charge < -0.3 is 21.3 Å². The summed E-state index contributed by atoms with van der Waals surface area (Å²) in [6.45, 7) is 0.0930. The maximum Gasteiger partial charge on any atom is 0.418 e. The van der Waals surface area contributed by atoms with Crippen molar-refractivity contribution >= 4 is 39.7 Å². The summed E-state index contributed by atoms with van der Waals surface area (Å²) in [5, 5.41) is 5.59. The number of nitrogens with one attached hydrogen (secondary N) is 2. The molecule has 0 spiro atoms. The predicted molar refractivity (Wildman–Crippen MR) is 91.7 cm³/mol. The fourth-order valence-electron chi connectivity index (χ4n) is 3.15. The van der Waals surface area contributed by atoms with Crippen LogP contribution in [0.15, 0.2) is 24.3 Å². The molecule has 2 aliphatic rings. The van der Waals surface area contributed by atoms with Gasteiger partial charge in [0, 0.05) is 17.9 Å². The Morgan fingerprint density at radius 2 is 1.89 bits per heavy atom. The largest absolute Gasteiger partial charge is 0.418 e. The van der Waals surface area contributed by atoms with Crippen molar-refractivity contribution in [1.82, 2.24) is 9.96 Å². The van der Waals surface area contributed by atoms with E-state index in [9.17, 15) is 22.8 Å². The molecule has 146 valence electrons. The lowest BCUT2D eigenvalue weighted by Gasteiger charge is -2.29. The minimum absolute atomic E-state index is 0.0930. The first kappa shape index (κ1) is 18.9. The maximum absolute atomic E-state index is 12.6. The van der Waals surface area contributed by atoms with Gasteiger partial charge in [-0.25, -0.2) is 9.59 Å². The Hall–Kier alpha value is -2.90. The number of benzene rings is 1. The summed E-state index contributed by atoms with van der Waals surface area (Å²) in [6, 6.07) is 3.28. The number of piperidine rings is 1. The quantitative estimate of drug-likeness (QED) is 0.509. The van der Waals surface area contributed by atoms with Crippen LogP contribution in [0.3, 0.4) is 0 Å². The smallest absolute Gasteiger partial charge is 0.351 e. The van der Waals surface area contributed by atoms with Crippen LogP contribution in [0.1, 0.15) is 12.8 Å². The maximum atomic E-state index is 12.6. The molecule has 27 heavy (non-hydrogen) atoms. The SMILES string of the molecule is NC(=O)Nc1cccc(NC(=O)[C@H]2CC[C@H]3CN2C(=O)N3OS(=O)(=O)O)c1. The monoisotopic (exact) mass is 399 g/mol. The molecule has 0 unspecified atom stereocenters. The fourth-order valence-corrected chi connectivity index (χ4v) is 3.54. The van der Waals surface area contributed by atoms with Crippen LogP contribution in [0.25, 0.3) is 0 Å². The van der Waals surface area contributed by atoms with Gasteiger partial charge in [0.1, 0.15) is 6.04 Å². The first-order chi connectivity index (χ1) is 12.6. The van der Waals surface area contributed by atoms with E-state index < -0.39 is 40.5 Å². The molecule has 12 nitrogen and oxygen atoms in total. The number of hydrogen-bond acceptors (Lipinski definition) is 6. The van der Waals surface area contributed by atoms with E-state index in [0.29, 0.717) is 22.9 Å². The molecule has 5 N–H and O–H groups in total. The summed E-state index contributed by atoms with van der Waals surface area (Å²) in [5.41, 5.74) is 5.81. The second kappa shape index (κ2) is 7.02. The van der Waals surface area contributed by atoms with Crippen LogP contribution in [0, 0.1) is 0 Å². The Bertz CT molecular complexity index is 890. The number of anilines is 2. The first-order valence-corrected chi connectivity index (χ1v) is 9.25. The Morgan fingerprint density at radius 3 is 2.52 bits per heavy atom. The zero-order valence-electron chi connectivity index (χ0n) is 13.9. The molecule has 0 aliphatic carbocycles. The van der Waals surface area contributed by atoms with E-state index in [4.69, 9.17) is 10.3 Å². The van der Waals surface area contributed by atoms with E-state index >= 15 is 0 Å². The Labute approximate surface area is 154 Å². The number of carbonyl (C=O) groups excluding carboxylic acids is 3. The lowest BCUT2D eigenvalue weighted by molar-refractivity contribution is -0.120. The number of amides is 5. The number of nitrogens with two attached hydrogens (primary N) is 1. The average Bonchev–Trinajstić information content (AvgIpc) is 2.78. The highest BCUT2D eigenvalue weighted by Crippen LogP contribution is 2.31. The first-order valence-electron chi connectivity index (χ1n) is 7.88. The van der Waals surface area contributed by atoms with Gasteiger partial charge in [-0.3, -0.25) is 9.35 Å². The second-order valence-corrected chi connectivity index (χ2v) is 7.07. The number of urea groups is 2. The molecular weight excluding hydrogens is 382 g/mol. The third kappa shape index (κ3) is 4.27. The lowest BCUT2D eigenvalue weighted by Crippen LogP contribution is -2.47. The number of hydroxylamine groups is 2. The van der Waals surface area contributed by atoms with Crippen LogP contribution in [0.4, 0.5) is 21.0 Å². The van der Waals surface area contributed by atoms with Crippen molar-refractivity contribution in [2.75, 3.05) is 17.2 Å². The molecule has 13 heteroatoms. The molecule has 0 saturated carbocycles. The number of hydrogen-bond donors (Lipinski definition) is 4. The van der Waals surface area contributed by atoms with Crippen molar-refractivity contribution in [2.24, 2.45) is 5.73 Å². The van der Waals surface area contributed by atoms with E-state index in [-0.39, 0.29) is 13.0 Å². The summed E-state index contributed by atoms with van der Waals surface area (Å²) in [5.74, 6) is -0.480. The topological polar surface area (TPSA) is 171 Å². The molecule has 3 rings (SSSR count). The summed E-state index contributed by atoms with van der Waals surface area (Å²) in [6.07, 6.45) is 0.603. The Morgan fingerprint density at radius 1 is 1.22 bits per heavy atom. The highest BCUT2D eigenvalue weighted by atomic mass is 32.3. The molecular formula is C14H17N5O7S. The highest BCUT2D eigenvalue weighted by molar-refractivity contribution is 7.80. The molecule has 2 bridgehead atoms. The lowest BCUT2D eigenvalue weighted by atomic mass is 10.0. The third-order valence-corrected chi connectivity index (χ3v) is 4.55.